The maximum absolute atomic E-state index is 12.9. The third-order valence-electron chi connectivity index (χ3n) is 4.00. The number of carboxylic acid groups (broad SMARTS) is 1. The summed E-state index contributed by atoms with van der Waals surface area (Å²) in [7, 11) is 0. The van der Waals surface area contributed by atoms with Crippen molar-refractivity contribution in [2.45, 2.75) is 19.6 Å². The highest BCUT2D eigenvalue weighted by molar-refractivity contribution is 5.77. The molecule has 1 aromatic heterocycles. The van der Waals surface area contributed by atoms with Crippen molar-refractivity contribution in [3.63, 3.8) is 0 Å². The average molecular weight is 348 g/mol. The van der Waals surface area contributed by atoms with Crippen molar-refractivity contribution in [1.82, 2.24) is 20.0 Å². The Morgan fingerprint density at radius 3 is 2.62 bits per heavy atom. The lowest BCUT2D eigenvalue weighted by Crippen LogP contribution is -2.41. The summed E-state index contributed by atoms with van der Waals surface area (Å²) in [6.45, 7) is 1.59. The van der Waals surface area contributed by atoms with Crippen LogP contribution in [0.1, 0.15) is 6.92 Å². The molecule has 1 fully saturated rings. The molecule has 0 spiro atoms. The number of carbonyl (C=O) groups excluding carboxylic acids is 1. The van der Waals surface area contributed by atoms with Gasteiger partial charge in [-0.3, -0.25) is 9.48 Å². The van der Waals surface area contributed by atoms with Crippen LogP contribution >= 0.6 is 0 Å². The quantitative estimate of drug-likeness (QED) is 0.843. The number of nitrogens with one attached hydrogen (secondary N) is 1. The molecule has 0 aliphatic carbocycles. The molecule has 134 valence electrons. The summed E-state index contributed by atoms with van der Waals surface area (Å²) in [6.07, 6.45) is -1.26. The van der Waals surface area contributed by atoms with Gasteiger partial charge in [-0.1, -0.05) is 6.92 Å². The van der Waals surface area contributed by atoms with E-state index in [1.54, 1.807) is 23.1 Å². The van der Waals surface area contributed by atoms with Crippen molar-refractivity contribution in [1.29, 1.82) is 0 Å². The van der Waals surface area contributed by atoms with E-state index in [9.17, 15) is 22.8 Å². The molecule has 0 aromatic carbocycles. The van der Waals surface area contributed by atoms with Gasteiger partial charge in [0.1, 0.15) is 0 Å². The van der Waals surface area contributed by atoms with Gasteiger partial charge in [-0.15, -0.1) is 0 Å². The Kier molecular flexibility index (Phi) is 5.35. The van der Waals surface area contributed by atoms with Gasteiger partial charge in [0.05, 0.1) is 11.8 Å². The summed E-state index contributed by atoms with van der Waals surface area (Å²) < 4.78 is 40.4. The maximum atomic E-state index is 12.9. The van der Waals surface area contributed by atoms with E-state index in [0.29, 0.717) is 6.54 Å². The van der Waals surface area contributed by atoms with E-state index >= 15 is 0 Å². The van der Waals surface area contributed by atoms with Crippen LogP contribution < -0.4 is 5.32 Å². The summed E-state index contributed by atoms with van der Waals surface area (Å²) in [5.41, 5.74) is 0. The Labute approximate surface area is 136 Å². The van der Waals surface area contributed by atoms with Gasteiger partial charge in [0.15, 0.2) is 0 Å². The van der Waals surface area contributed by atoms with Crippen LogP contribution in [0.15, 0.2) is 18.5 Å². The van der Waals surface area contributed by atoms with E-state index in [4.69, 9.17) is 5.11 Å². The number of urea groups is 1. The molecule has 3 atom stereocenters. The molecule has 1 saturated heterocycles. The first kappa shape index (κ1) is 18.1. The number of hydrogen-bond donors (Lipinski definition) is 2. The van der Waals surface area contributed by atoms with Crippen LogP contribution in [-0.4, -0.2) is 57.6 Å². The first-order valence-corrected chi connectivity index (χ1v) is 7.48. The highest BCUT2D eigenvalue weighted by Gasteiger charge is 2.53. The Bertz CT molecular complexity index is 576. The summed E-state index contributed by atoms with van der Waals surface area (Å²) in [6, 6.07) is 1.08. The summed E-state index contributed by atoms with van der Waals surface area (Å²) in [5, 5.41) is 15.5. The first-order valence-electron chi connectivity index (χ1n) is 7.48. The van der Waals surface area contributed by atoms with Crippen LogP contribution in [0.3, 0.4) is 0 Å². The highest BCUT2D eigenvalue weighted by atomic mass is 19.4. The number of rotatable bonds is 5. The second kappa shape index (κ2) is 7.10. The molecule has 1 unspecified atom stereocenters. The van der Waals surface area contributed by atoms with Crippen LogP contribution in [0.2, 0.25) is 0 Å². The zero-order chi connectivity index (χ0) is 17.9. The molecule has 0 saturated carbocycles. The second-order valence-corrected chi connectivity index (χ2v) is 6.02. The Morgan fingerprint density at radius 1 is 1.42 bits per heavy atom. The van der Waals surface area contributed by atoms with Crippen molar-refractivity contribution in [3.05, 3.63) is 18.5 Å². The fourth-order valence-electron chi connectivity index (χ4n) is 2.72. The minimum atomic E-state index is -4.65. The van der Waals surface area contributed by atoms with Crippen molar-refractivity contribution in [2.24, 2.45) is 17.8 Å². The van der Waals surface area contributed by atoms with Crippen molar-refractivity contribution in [2.75, 3.05) is 19.6 Å². The van der Waals surface area contributed by atoms with Gasteiger partial charge in [-0.05, 0) is 12.0 Å². The molecule has 2 amide bonds. The normalized spacial score (nSPS) is 22.4. The second-order valence-electron chi connectivity index (χ2n) is 6.02. The van der Waals surface area contributed by atoms with E-state index < -0.39 is 43.1 Å². The van der Waals surface area contributed by atoms with Gasteiger partial charge >= 0.3 is 18.2 Å². The lowest BCUT2D eigenvalue weighted by atomic mass is 9.96. The van der Waals surface area contributed by atoms with E-state index in [1.807, 2.05) is 6.92 Å². The van der Waals surface area contributed by atoms with E-state index in [1.165, 1.54) is 0 Å². The van der Waals surface area contributed by atoms with Gasteiger partial charge in [0.25, 0.3) is 0 Å². The van der Waals surface area contributed by atoms with Crippen LogP contribution in [-0.2, 0) is 11.3 Å². The van der Waals surface area contributed by atoms with Gasteiger partial charge in [-0.2, -0.15) is 18.3 Å². The SMILES string of the molecule is CC(CNC(=O)N1C[C@@H](C(F)(F)F)[C@H](C(=O)O)C1)Cn1cccn1. The molecule has 1 aromatic rings. The number of hydrogen-bond acceptors (Lipinski definition) is 3. The minimum absolute atomic E-state index is 0.0186. The average Bonchev–Trinajstić information content (AvgIpc) is 3.12. The van der Waals surface area contributed by atoms with Crippen LogP contribution in [0, 0.1) is 17.8 Å². The lowest BCUT2D eigenvalue weighted by molar-refractivity contribution is -0.187. The lowest BCUT2D eigenvalue weighted by Gasteiger charge is -2.20. The highest BCUT2D eigenvalue weighted by Crippen LogP contribution is 2.37. The van der Waals surface area contributed by atoms with Crippen molar-refractivity contribution >= 4 is 12.0 Å². The number of alkyl halides is 3. The topological polar surface area (TPSA) is 87.5 Å². The standard InChI is InChI=1S/C14H19F3N4O3/c1-9(6-21-4-2-3-19-21)5-18-13(24)20-7-10(12(22)23)11(8-20)14(15,16)17/h2-4,9-11H,5-8H2,1H3,(H,18,24)(H,22,23)/t9?,10-,11-/m1/s1. The molecule has 1 aliphatic rings. The number of halogens is 3. The fourth-order valence-corrected chi connectivity index (χ4v) is 2.72. The van der Waals surface area contributed by atoms with Gasteiger partial charge in [0.2, 0.25) is 0 Å². The van der Waals surface area contributed by atoms with Crippen LogP contribution in [0.5, 0.6) is 0 Å². The number of aliphatic carboxylic acids is 1. The molecule has 7 nitrogen and oxygen atoms in total. The predicted octanol–water partition coefficient (Wildman–Crippen LogP) is 1.42. The molecule has 24 heavy (non-hydrogen) atoms. The molecular weight excluding hydrogens is 329 g/mol. The Hall–Kier alpha value is -2.26. The summed E-state index contributed by atoms with van der Waals surface area (Å²) in [4.78, 5) is 23.9. The maximum Gasteiger partial charge on any atom is 0.394 e. The van der Waals surface area contributed by atoms with E-state index in [2.05, 4.69) is 10.4 Å². The van der Waals surface area contributed by atoms with E-state index in [0.717, 1.165) is 4.90 Å². The van der Waals surface area contributed by atoms with Gasteiger partial charge in [-0.25, -0.2) is 4.79 Å². The van der Waals surface area contributed by atoms with Crippen LogP contribution in [0.4, 0.5) is 18.0 Å². The molecule has 10 heteroatoms. The number of likely N-dealkylation sites (tertiary alicyclic amines) is 1. The smallest absolute Gasteiger partial charge is 0.394 e. The number of amides is 2. The summed E-state index contributed by atoms with van der Waals surface area (Å²) >= 11 is 0. The molecule has 0 bridgehead atoms. The molecule has 0 radical (unpaired) electrons. The van der Waals surface area contributed by atoms with Crippen LogP contribution in [0.25, 0.3) is 0 Å². The molecule has 2 rings (SSSR count). The molecular formula is C14H19F3N4O3. The monoisotopic (exact) mass is 348 g/mol. The number of carbonyl (C=O) groups is 2. The fraction of sp³-hybridized carbons (Fsp3) is 0.643. The Balaban J connectivity index is 1.87. The zero-order valence-electron chi connectivity index (χ0n) is 13.0. The number of aromatic nitrogens is 2. The number of carboxylic acids is 1. The van der Waals surface area contributed by atoms with Gasteiger partial charge in [0, 0.05) is 38.6 Å². The largest absolute Gasteiger partial charge is 0.481 e. The molecule has 2 heterocycles. The van der Waals surface area contributed by atoms with Crippen molar-refractivity contribution in [3.8, 4) is 0 Å². The predicted molar refractivity (Wildman–Crippen MR) is 77.0 cm³/mol. The zero-order valence-corrected chi connectivity index (χ0v) is 13.0. The van der Waals surface area contributed by atoms with Crippen molar-refractivity contribution < 1.29 is 27.9 Å². The third kappa shape index (κ3) is 4.39. The number of nitrogens with zero attached hydrogens (tertiary/aromatic N) is 3. The van der Waals surface area contributed by atoms with Gasteiger partial charge < -0.3 is 15.3 Å². The molecule has 1 aliphatic heterocycles. The third-order valence-corrected chi connectivity index (χ3v) is 4.00. The minimum Gasteiger partial charge on any atom is -0.481 e. The van der Waals surface area contributed by atoms with E-state index in [-0.39, 0.29) is 12.5 Å². The first-order chi connectivity index (χ1) is 11.2. The summed E-state index contributed by atoms with van der Waals surface area (Å²) in [5.74, 6) is -5.19. The molecule has 2 N–H and O–H groups in total. The Morgan fingerprint density at radius 2 is 2.12 bits per heavy atom.